The second kappa shape index (κ2) is 7.12. The Labute approximate surface area is 110 Å². The van der Waals surface area contributed by atoms with Gasteiger partial charge in [0.15, 0.2) is 0 Å². The third-order valence-electron chi connectivity index (χ3n) is 2.15. The molecule has 1 aromatic rings. The number of hydrogen-bond acceptors (Lipinski definition) is 2. The summed E-state index contributed by atoms with van der Waals surface area (Å²) in [5.74, 6) is -0.0620. The summed E-state index contributed by atoms with van der Waals surface area (Å²) >= 11 is 3.37. The van der Waals surface area contributed by atoms with Crippen molar-refractivity contribution in [1.82, 2.24) is 5.32 Å². The molecule has 0 bridgehead atoms. The molecule has 1 amide bonds. The molecule has 0 aliphatic rings. The summed E-state index contributed by atoms with van der Waals surface area (Å²) in [6, 6.07) is 5.64. The zero-order valence-corrected chi connectivity index (χ0v) is 11.4. The van der Waals surface area contributed by atoms with E-state index in [0.29, 0.717) is 18.7 Å². The maximum atomic E-state index is 11.8. The number of amides is 1. The Balaban J connectivity index is 2.44. The third-order valence-corrected chi connectivity index (χ3v) is 2.60. The van der Waals surface area contributed by atoms with Crippen molar-refractivity contribution in [3.05, 3.63) is 46.6 Å². The highest BCUT2D eigenvalue weighted by molar-refractivity contribution is 9.10. The Hall–Kier alpha value is -1.29. The van der Waals surface area contributed by atoms with Crippen LogP contribution < -0.4 is 5.32 Å². The van der Waals surface area contributed by atoms with Crippen LogP contribution in [-0.2, 0) is 4.74 Å². The van der Waals surface area contributed by atoms with Crippen molar-refractivity contribution >= 4 is 21.8 Å². The summed E-state index contributed by atoms with van der Waals surface area (Å²) in [5, 5.41) is 2.84. The Morgan fingerprint density at radius 3 is 2.94 bits per heavy atom. The molecule has 0 fully saturated rings. The van der Waals surface area contributed by atoms with E-state index in [9.17, 15) is 4.79 Å². The van der Waals surface area contributed by atoms with Gasteiger partial charge in [0.25, 0.3) is 5.91 Å². The quantitative estimate of drug-likeness (QED) is 0.647. The zero-order valence-electron chi connectivity index (χ0n) is 9.83. The van der Waals surface area contributed by atoms with Gasteiger partial charge in [-0.2, -0.15) is 0 Å². The van der Waals surface area contributed by atoms with Crippen LogP contribution in [0.3, 0.4) is 0 Å². The molecule has 1 rings (SSSR count). The first-order chi connectivity index (χ1) is 8.13. The van der Waals surface area contributed by atoms with E-state index in [1.54, 1.807) is 0 Å². The van der Waals surface area contributed by atoms with E-state index >= 15 is 0 Å². The lowest BCUT2D eigenvalue weighted by atomic mass is 10.1. The van der Waals surface area contributed by atoms with Crippen molar-refractivity contribution in [3.8, 4) is 0 Å². The van der Waals surface area contributed by atoms with Gasteiger partial charge in [-0.05, 0) is 37.1 Å². The molecule has 0 unspecified atom stereocenters. The number of carbonyl (C=O) groups excluding carboxylic acids is 1. The van der Waals surface area contributed by atoms with Crippen molar-refractivity contribution in [1.29, 1.82) is 0 Å². The largest absolute Gasteiger partial charge is 0.502 e. The normalized spacial score (nSPS) is 9.76. The third kappa shape index (κ3) is 5.04. The zero-order chi connectivity index (χ0) is 12.7. The van der Waals surface area contributed by atoms with Gasteiger partial charge in [-0.15, -0.1) is 0 Å². The lowest BCUT2D eigenvalue weighted by molar-refractivity contribution is 0.0950. The standard InChI is InChI=1S/C13H16BrNO2/c1-3-17-6-4-5-15-13(16)11-7-10(2)8-12(14)9-11/h3,7-9H,1,4-6H2,2H3,(H,15,16). The van der Waals surface area contributed by atoms with Crippen molar-refractivity contribution in [3.63, 3.8) is 0 Å². The van der Waals surface area contributed by atoms with Gasteiger partial charge in [0, 0.05) is 16.6 Å². The van der Waals surface area contributed by atoms with E-state index in [-0.39, 0.29) is 5.91 Å². The van der Waals surface area contributed by atoms with Crippen LogP contribution in [0.25, 0.3) is 0 Å². The summed E-state index contributed by atoms with van der Waals surface area (Å²) in [6.45, 7) is 6.57. The first-order valence-electron chi connectivity index (χ1n) is 5.41. The van der Waals surface area contributed by atoms with Gasteiger partial charge < -0.3 is 10.1 Å². The van der Waals surface area contributed by atoms with E-state index < -0.39 is 0 Å². The highest BCUT2D eigenvalue weighted by Gasteiger charge is 2.05. The fourth-order valence-electron chi connectivity index (χ4n) is 1.41. The average Bonchev–Trinajstić information content (AvgIpc) is 2.27. The van der Waals surface area contributed by atoms with Crippen molar-refractivity contribution in [2.24, 2.45) is 0 Å². The molecule has 17 heavy (non-hydrogen) atoms. The average molecular weight is 298 g/mol. The Morgan fingerprint density at radius 2 is 2.29 bits per heavy atom. The van der Waals surface area contributed by atoms with Gasteiger partial charge in [0.1, 0.15) is 0 Å². The van der Waals surface area contributed by atoms with Gasteiger partial charge in [0.05, 0.1) is 12.9 Å². The number of nitrogens with one attached hydrogen (secondary N) is 1. The van der Waals surface area contributed by atoms with Crippen LogP contribution in [0.2, 0.25) is 0 Å². The number of rotatable bonds is 6. The van der Waals surface area contributed by atoms with Crippen LogP contribution in [0.4, 0.5) is 0 Å². The first-order valence-corrected chi connectivity index (χ1v) is 6.20. The Kier molecular flexibility index (Phi) is 5.77. The van der Waals surface area contributed by atoms with E-state index in [4.69, 9.17) is 4.74 Å². The van der Waals surface area contributed by atoms with Crippen molar-refractivity contribution in [2.45, 2.75) is 13.3 Å². The molecule has 92 valence electrons. The minimum atomic E-state index is -0.0620. The molecular weight excluding hydrogens is 282 g/mol. The van der Waals surface area contributed by atoms with E-state index in [0.717, 1.165) is 16.5 Å². The minimum absolute atomic E-state index is 0.0620. The molecule has 0 saturated carbocycles. The summed E-state index contributed by atoms with van der Waals surface area (Å²) in [7, 11) is 0. The molecule has 3 nitrogen and oxygen atoms in total. The van der Waals surface area contributed by atoms with Crippen molar-refractivity contribution in [2.75, 3.05) is 13.2 Å². The molecule has 4 heteroatoms. The molecule has 1 aromatic carbocycles. The number of hydrogen-bond donors (Lipinski definition) is 1. The van der Waals surface area contributed by atoms with Crippen LogP contribution in [0, 0.1) is 6.92 Å². The molecule has 0 aliphatic carbocycles. The van der Waals surface area contributed by atoms with Crippen LogP contribution in [0.1, 0.15) is 22.3 Å². The predicted molar refractivity (Wildman–Crippen MR) is 72.0 cm³/mol. The van der Waals surface area contributed by atoms with E-state index in [2.05, 4.69) is 27.8 Å². The van der Waals surface area contributed by atoms with Crippen LogP contribution in [0.5, 0.6) is 0 Å². The Morgan fingerprint density at radius 1 is 1.53 bits per heavy atom. The van der Waals surface area contributed by atoms with E-state index in [1.807, 2.05) is 25.1 Å². The number of carbonyl (C=O) groups is 1. The predicted octanol–water partition coefficient (Wildman–Crippen LogP) is 3.04. The Bertz CT molecular complexity index is 384. The SMILES string of the molecule is C=COCCCNC(=O)c1cc(C)cc(Br)c1. The summed E-state index contributed by atoms with van der Waals surface area (Å²) in [6.07, 6.45) is 2.17. The summed E-state index contributed by atoms with van der Waals surface area (Å²) in [4.78, 5) is 11.8. The second-order valence-electron chi connectivity index (χ2n) is 3.66. The number of ether oxygens (including phenoxy) is 1. The van der Waals surface area contributed by atoms with Gasteiger partial charge in [-0.25, -0.2) is 0 Å². The van der Waals surface area contributed by atoms with Gasteiger partial charge in [-0.1, -0.05) is 22.5 Å². The molecular formula is C13H16BrNO2. The minimum Gasteiger partial charge on any atom is -0.502 e. The fraction of sp³-hybridized carbons (Fsp3) is 0.308. The molecule has 0 heterocycles. The summed E-state index contributed by atoms with van der Waals surface area (Å²) in [5.41, 5.74) is 1.72. The lowest BCUT2D eigenvalue weighted by Gasteiger charge is -2.06. The molecule has 1 N–H and O–H groups in total. The number of halogens is 1. The smallest absolute Gasteiger partial charge is 0.251 e. The summed E-state index contributed by atoms with van der Waals surface area (Å²) < 4.78 is 5.88. The molecule has 0 saturated heterocycles. The molecule has 0 atom stereocenters. The monoisotopic (exact) mass is 297 g/mol. The van der Waals surface area contributed by atoms with Crippen LogP contribution in [0.15, 0.2) is 35.5 Å². The molecule has 0 radical (unpaired) electrons. The number of aryl methyl sites for hydroxylation is 1. The number of benzene rings is 1. The van der Waals surface area contributed by atoms with Crippen molar-refractivity contribution < 1.29 is 9.53 Å². The maximum absolute atomic E-state index is 11.8. The second-order valence-corrected chi connectivity index (χ2v) is 4.58. The van der Waals surface area contributed by atoms with Crippen LogP contribution >= 0.6 is 15.9 Å². The lowest BCUT2D eigenvalue weighted by Crippen LogP contribution is -2.25. The fourth-order valence-corrected chi connectivity index (χ4v) is 2.02. The van der Waals surface area contributed by atoms with Gasteiger partial charge in [0.2, 0.25) is 0 Å². The van der Waals surface area contributed by atoms with Crippen LogP contribution in [-0.4, -0.2) is 19.1 Å². The first kappa shape index (κ1) is 13.8. The van der Waals surface area contributed by atoms with Gasteiger partial charge >= 0.3 is 0 Å². The highest BCUT2D eigenvalue weighted by atomic mass is 79.9. The highest BCUT2D eigenvalue weighted by Crippen LogP contribution is 2.15. The molecule has 0 aliphatic heterocycles. The van der Waals surface area contributed by atoms with E-state index in [1.165, 1.54) is 6.26 Å². The topological polar surface area (TPSA) is 38.3 Å². The maximum Gasteiger partial charge on any atom is 0.251 e. The molecule has 0 spiro atoms. The van der Waals surface area contributed by atoms with Gasteiger partial charge in [-0.3, -0.25) is 4.79 Å². The molecule has 0 aromatic heterocycles.